The van der Waals surface area contributed by atoms with Gasteiger partial charge in [0, 0.05) is 18.3 Å². The highest BCUT2D eigenvalue weighted by Crippen LogP contribution is 2.38. The van der Waals surface area contributed by atoms with E-state index in [1.807, 2.05) is 0 Å². The summed E-state index contributed by atoms with van der Waals surface area (Å²) in [7, 11) is 0. The number of thiol groups is 1. The molecule has 0 saturated heterocycles. The Labute approximate surface area is 136 Å². The first-order chi connectivity index (χ1) is 10.2. The molecular formula is C19H31NS. The van der Waals surface area contributed by atoms with Crippen LogP contribution in [0, 0.1) is 5.41 Å². The van der Waals surface area contributed by atoms with Crippen molar-refractivity contribution in [3.05, 3.63) is 29.8 Å². The normalized spacial score (nSPS) is 18.7. The summed E-state index contributed by atoms with van der Waals surface area (Å²) in [5.74, 6) is 1.00. The Hall–Kier alpha value is -0.630. The molecule has 1 aromatic rings. The summed E-state index contributed by atoms with van der Waals surface area (Å²) in [6.45, 7) is 8.16. The van der Waals surface area contributed by atoms with Gasteiger partial charge in [0.25, 0.3) is 0 Å². The minimum absolute atomic E-state index is 0.366. The Morgan fingerprint density at radius 3 is 2.48 bits per heavy atom. The van der Waals surface area contributed by atoms with Crippen LogP contribution in [-0.4, -0.2) is 18.3 Å². The molecule has 0 N–H and O–H groups in total. The van der Waals surface area contributed by atoms with Crippen molar-refractivity contribution in [1.29, 1.82) is 0 Å². The Bertz CT molecular complexity index is 437. The molecule has 21 heavy (non-hydrogen) atoms. The molecule has 1 nitrogen and oxygen atoms in total. The van der Waals surface area contributed by atoms with Crippen LogP contribution in [0.3, 0.4) is 0 Å². The number of hydrogen-bond donors (Lipinski definition) is 1. The van der Waals surface area contributed by atoms with Crippen molar-refractivity contribution >= 4 is 18.3 Å². The van der Waals surface area contributed by atoms with E-state index < -0.39 is 0 Å². The summed E-state index contributed by atoms with van der Waals surface area (Å²) in [6, 6.07) is 9.62. The minimum Gasteiger partial charge on any atom is -0.368 e. The molecule has 2 heteroatoms. The average molecular weight is 306 g/mol. The van der Waals surface area contributed by atoms with Gasteiger partial charge in [-0.15, -0.1) is 0 Å². The van der Waals surface area contributed by atoms with Gasteiger partial charge in [-0.05, 0) is 55.4 Å². The quantitative estimate of drug-likeness (QED) is 0.665. The van der Waals surface area contributed by atoms with E-state index in [2.05, 4.69) is 49.9 Å². The molecule has 1 atom stereocenters. The van der Waals surface area contributed by atoms with E-state index in [0.717, 1.165) is 12.3 Å². The molecule has 1 unspecified atom stereocenters. The lowest BCUT2D eigenvalue weighted by molar-refractivity contribution is 0.268. The second-order valence-electron chi connectivity index (χ2n) is 6.80. The minimum atomic E-state index is 0.366. The molecule has 0 radical (unpaired) electrons. The summed E-state index contributed by atoms with van der Waals surface area (Å²) < 4.78 is 0. The Morgan fingerprint density at radius 2 is 1.86 bits per heavy atom. The first-order valence-electron chi connectivity index (χ1n) is 8.61. The van der Waals surface area contributed by atoms with Crippen LogP contribution < -0.4 is 4.90 Å². The number of nitrogens with zero attached hydrogens (tertiary/aromatic N) is 1. The van der Waals surface area contributed by atoms with Crippen LogP contribution in [0.5, 0.6) is 0 Å². The van der Waals surface area contributed by atoms with Crippen molar-refractivity contribution in [3.63, 3.8) is 0 Å². The van der Waals surface area contributed by atoms with Crippen molar-refractivity contribution in [2.24, 2.45) is 5.41 Å². The second-order valence-corrected chi connectivity index (χ2v) is 7.12. The first-order valence-corrected chi connectivity index (χ1v) is 9.24. The third-order valence-electron chi connectivity index (χ3n) is 5.07. The summed E-state index contributed by atoms with van der Waals surface area (Å²) in [5.41, 5.74) is 3.36. The number of para-hydroxylation sites is 1. The molecule has 1 aliphatic heterocycles. The second kappa shape index (κ2) is 7.58. The van der Waals surface area contributed by atoms with E-state index in [0.29, 0.717) is 11.5 Å². The van der Waals surface area contributed by atoms with Crippen molar-refractivity contribution in [1.82, 2.24) is 0 Å². The van der Waals surface area contributed by atoms with Crippen molar-refractivity contribution in [2.75, 3.05) is 17.2 Å². The van der Waals surface area contributed by atoms with Crippen molar-refractivity contribution in [3.8, 4) is 0 Å². The van der Waals surface area contributed by atoms with Crippen LogP contribution in [0.4, 0.5) is 5.69 Å². The van der Waals surface area contributed by atoms with Crippen LogP contribution in [0.2, 0.25) is 0 Å². The maximum absolute atomic E-state index is 4.74. The van der Waals surface area contributed by atoms with E-state index in [9.17, 15) is 0 Å². The summed E-state index contributed by atoms with van der Waals surface area (Å²) in [4.78, 5) is 2.67. The standard InChI is InChI=1S/C19H31NS/c1-4-12-19(15-21,13-5-2)14-20-16(3)10-11-17-8-6-7-9-18(17)20/h6-9,16,21H,4-5,10-15H2,1-3H3. The fourth-order valence-corrected chi connectivity index (χ4v) is 4.33. The maximum atomic E-state index is 4.74. The van der Waals surface area contributed by atoms with Gasteiger partial charge in [-0.25, -0.2) is 0 Å². The highest BCUT2D eigenvalue weighted by Gasteiger charge is 2.33. The molecule has 1 aliphatic rings. The fourth-order valence-electron chi connectivity index (χ4n) is 3.91. The number of benzene rings is 1. The largest absolute Gasteiger partial charge is 0.368 e. The van der Waals surface area contributed by atoms with E-state index in [-0.39, 0.29) is 0 Å². The lowest BCUT2D eigenvalue weighted by Crippen LogP contribution is -2.46. The van der Waals surface area contributed by atoms with Gasteiger partial charge >= 0.3 is 0 Å². The lowest BCUT2D eigenvalue weighted by Gasteiger charge is -2.44. The number of hydrogen-bond acceptors (Lipinski definition) is 2. The van der Waals surface area contributed by atoms with Crippen LogP contribution in [0.15, 0.2) is 24.3 Å². The number of aryl methyl sites for hydroxylation is 1. The fraction of sp³-hybridized carbons (Fsp3) is 0.684. The molecule has 118 valence electrons. The molecule has 1 heterocycles. The van der Waals surface area contributed by atoms with Crippen molar-refractivity contribution < 1.29 is 0 Å². The molecule has 0 amide bonds. The molecule has 0 spiro atoms. The average Bonchev–Trinajstić information content (AvgIpc) is 2.50. The van der Waals surface area contributed by atoms with Gasteiger partial charge < -0.3 is 4.90 Å². The van der Waals surface area contributed by atoms with E-state index in [4.69, 9.17) is 12.6 Å². The zero-order chi connectivity index (χ0) is 15.3. The highest BCUT2D eigenvalue weighted by atomic mass is 32.1. The van der Waals surface area contributed by atoms with Gasteiger partial charge in [0.1, 0.15) is 0 Å². The van der Waals surface area contributed by atoms with Crippen LogP contribution in [0.1, 0.15) is 58.4 Å². The first kappa shape index (κ1) is 16.7. The molecule has 0 saturated carbocycles. The monoisotopic (exact) mass is 305 g/mol. The van der Waals surface area contributed by atoms with E-state index in [1.54, 1.807) is 0 Å². The van der Waals surface area contributed by atoms with Gasteiger partial charge in [-0.1, -0.05) is 44.9 Å². The SMILES string of the molecule is CCCC(CS)(CCC)CN1c2ccccc2CCC1C. The van der Waals surface area contributed by atoms with Crippen LogP contribution >= 0.6 is 12.6 Å². The van der Waals surface area contributed by atoms with Crippen LogP contribution in [0.25, 0.3) is 0 Å². The molecule has 0 fully saturated rings. The smallest absolute Gasteiger partial charge is 0.0401 e. The number of rotatable bonds is 7. The molecule has 1 aromatic carbocycles. The summed E-state index contributed by atoms with van der Waals surface area (Å²) in [5, 5.41) is 0. The topological polar surface area (TPSA) is 3.24 Å². The van der Waals surface area contributed by atoms with Crippen molar-refractivity contribution in [2.45, 2.75) is 65.3 Å². The third kappa shape index (κ3) is 3.77. The van der Waals surface area contributed by atoms with E-state index >= 15 is 0 Å². The van der Waals surface area contributed by atoms with E-state index in [1.165, 1.54) is 49.8 Å². The van der Waals surface area contributed by atoms with Crippen LogP contribution in [-0.2, 0) is 6.42 Å². The van der Waals surface area contributed by atoms with Gasteiger partial charge in [0.05, 0.1) is 0 Å². The third-order valence-corrected chi connectivity index (χ3v) is 5.74. The zero-order valence-electron chi connectivity index (χ0n) is 13.9. The van der Waals surface area contributed by atoms with Gasteiger partial charge in [0.2, 0.25) is 0 Å². The molecule has 0 aromatic heterocycles. The Morgan fingerprint density at radius 1 is 1.19 bits per heavy atom. The summed E-state index contributed by atoms with van der Waals surface area (Å²) >= 11 is 4.74. The zero-order valence-corrected chi connectivity index (χ0v) is 14.8. The van der Waals surface area contributed by atoms with Gasteiger partial charge in [0.15, 0.2) is 0 Å². The highest BCUT2D eigenvalue weighted by molar-refractivity contribution is 7.80. The van der Waals surface area contributed by atoms with Gasteiger partial charge in [-0.2, -0.15) is 12.6 Å². The molecular weight excluding hydrogens is 274 g/mol. The molecule has 0 aliphatic carbocycles. The Balaban J connectivity index is 2.26. The van der Waals surface area contributed by atoms with Gasteiger partial charge in [-0.3, -0.25) is 0 Å². The number of fused-ring (bicyclic) bond motifs is 1. The Kier molecular flexibility index (Phi) is 6.04. The lowest BCUT2D eigenvalue weighted by atomic mass is 9.79. The summed E-state index contributed by atoms with van der Waals surface area (Å²) in [6.07, 6.45) is 7.58. The molecule has 0 bridgehead atoms. The predicted octanol–water partition coefficient (Wildman–Crippen LogP) is 5.34. The predicted molar refractivity (Wildman–Crippen MR) is 97.7 cm³/mol. The molecule has 2 rings (SSSR count). The maximum Gasteiger partial charge on any atom is 0.0401 e. The number of anilines is 1.